The van der Waals surface area contributed by atoms with Gasteiger partial charge in [-0.05, 0) is 25.8 Å². The molecular formula is C12H16N4O3. The lowest BCUT2D eigenvalue weighted by Gasteiger charge is -2.37. The maximum Gasteiger partial charge on any atom is 0.324 e. The SMILES string of the molecule is CC1(C(=O)O)CCCN(C(=O)Nc2ncccn2)C1. The summed E-state index contributed by atoms with van der Waals surface area (Å²) >= 11 is 0. The van der Waals surface area contributed by atoms with Crippen molar-refractivity contribution >= 4 is 17.9 Å². The Morgan fingerprint density at radius 1 is 1.42 bits per heavy atom. The third-order valence-corrected chi connectivity index (χ3v) is 3.28. The first kappa shape index (κ1) is 13.3. The molecule has 2 amide bonds. The summed E-state index contributed by atoms with van der Waals surface area (Å²) in [5.41, 5.74) is -0.882. The van der Waals surface area contributed by atoms with Crippen molar-refractivity contribution in [3.05, 3.63) is 18.5 Å². The lowest BCUT2D eigenvalue weighted by Crippen LogP contribution is -2.49. The maximum absolute atomic E-state index is 12.0. The summed E-state index contributed by atoms with van der Waals surface area (Å²) in [5, 5.41) is 11.8. The van der Waals surface area contributed by atoms with Gasteiger partial charge in [0.25, 0.3) is 0 Å². The van der Waals surface area contributed by atoms with Crippen molar-refractivity contribution in [2.45, 2.75) is 19.8 Å². The van der Waals surface area contributed by atoms with E-state index >= 15 is 0 Å². The second-order valence-corrected chi connectivity index (χ2v) is 4.89. The number of urea groups is 1. The van der Waals surface area contributed by atoms with Crippen LogP contribution in [0.15, 0.2) is 18.5 Å². The van der Waals surface area contributed by atoms with Crippen LogP contribution in [-0.4, -0.2) is 45.1 Å². The first-order valence-electron chi connectivity index (χ1n) is 6.08. The molecule has 102 valence electrons. The minimum atomic E-state index is -0.882. The summed E-state index contributed by atoms with van der Waals surface area (Å²) in [6, 6.07) is 1.29. The molecule has 2 heterocycles. The highest BCUT2D eigenvalue weighted by molar-refractivity contribution is 5.88. The van der Waals surface area contributed by atoms with Gasteiger partial charge in [-0.2, -0.15) is 0 Å². The Kier molecular flexibility index (Phi) is 3.64. The third kappa shape index (κ3) is 2.98. The first-order chi connectivity index (χ1) is 9.01. The second-order valence-electron chi connectivity index (χ2n) is 4.89. The Bertz CT molecular complexity index is 479. The third-order valence-electron chi connectivity index (χ3n) is 3.28. The summed E-state index contributed by atoms with van der Waals surface area (Å²) in [5.74, 6) is -0.656. The second kappa shape index (κ2) is 5.21. The number of aromatic nitrogens is 2. The van der Waals surface area contributed by atoms with E-state index in [0.29, 0.717) is 19.4 Å². The molecule has 1 atom stereocenters. The molecule has 1 saturated heterocycles. The number of anilines is 1. The van der Waals surface area contributed by atoms with Crippen molar-refractivity contribution in [1.82, 2.24) is 14.9 Å². The molecule has 19 heavy (non-hydrogen) atoms. The van der Waals surface area contributed by atoms with Gasteiger partial charge in [0.2, 0.25) is 5.95 Å². The van der Waals surface area contributed by atoms with Crippen LogP contribution in [-0.2, 0) is 4.79 Å². The predicted molar refractivity (Wildman–Crippen MR) is 67.6 cm³/mol. The molecule has 0 bridgehead atoms. The fourth-order valence-corrected chi connectivity index (χ4v) is 2.13. The fourth-order valence-electron chi connectivity index (χ4n) is 2.13. The summed E-state index contributed by atoms with van der Waals surface area (Å²) in [6.07, 6.45) is 4.31. The first-order valence-corrected chi connectivity index (χ1v) is 6.08. The standard InChI is InChI=1S/C12H16N4O3/c1-12(9(17)18)4-2-7-16(8-12)11(19)15-10-13-5-3-6-14-10/h3,5-6H,2,4,7-8H2,1H3,(H,17,18)(H,13,14,15,19). The smallest absolute Gasteiger partial charge is 0.324 e. The molecule has 1 unspecified atom stereocenters. The van der Waals surface area contributed by atoms with E-state index in [1.54, 1.807) is 13.0 Å². The van der Waals surface area contributed by atoms with Crippen LogP contribution in [0.5, 0.6) is 0 Å². The number of aliphatic carboxylic acids is 1. The highest BCUT2D eigenvalue weighted by Crippen LogP contribution is 2.29. The van der Waals surface area contributed by atoms with Gasteiger partial charge in [0.1, 0.15) is 0 Å². The average molecular weight is 264 g/mol. The topological polar surface area (TPSA) is 95.4 Å². The molecule has 1 aromatic heterocycles. The van der Waals surface area contributed by atoms with E-state index in [-0.39, 0.29) is 18.5 Å². The van der Waals surface area contributed by atoms with Crippen molar-refractivity contribution < 1.29 is 14.7 Å². The Labute approximate surface area is 110 Å². The number of amides is 2. The van der Waals surface area contributed by atoms with Crippen LogP contribution >= 0.6 is 0 Å². The molecule has 0 spiro atoms. The monoisotopic (exact) mass is 264 g/mol. The molecule has 0 radical (unpaired) electrons. The van der Waals surface area contributed by atoms with Gasteiger partial charge in [-0.25, -0.2) is 14.8 Å². The van der Waals surface area contributed by atoms with Crippen LogP contribution in [0.4, 0.5) is 10.7 Å². The van der Waals surface area contributed by atoms with Gasteiger partial charge in [0, 0.05) is 25.5 Å². The van der Waals surface area contributed by atoms with E-state index in [9.17, 15) is 14.7 Å². The molecule has 1 fully saturated rings. The fraction of sp³-hybridized carbons (Fsp3) is 0.500. The number of hydrogen-bond donors (Lipinski definition) is 2. The maximum atomic E-state index is 12.0. The van der Waals surface area contributed by atoms with E-state index in [1.165, 1.54) is 17.3 Å². The summed E-state index contributed by atoms with van der Waals surface area (Å²) in [4.78, 5) is 32.5. The van der Waals surface area contributed by atoms with Crippen LogP contribution in [0.3, 0.4) is 0 Å². The molecular weight excluding hydrogens is 248 g/mol. The number of rotatable bonds is 2. The number of piperidine rings is 1. The summed E-state index contributed by atoms with van der Waals surface area (Å²) in [6.45, 7) is 2.40. The number of likely N-dealkylation sites (tertiary alicyclic amines) is 1. The van der Waals surface area contributed by atoms with Crippen LogP contribution in [0.2, 0.25) is 0 Å². The Hall–Kier alpha value is -2.18. The van der Waals surface area contributed by atoms with Gasteiger partial charge in [0.05, 0.1) is 5.41 Å². The van der Waals surface area contributed by atoms with E-state index in [4.69, 9.17) is 0 Å². The van der Waals surface area contributed by atoms with Gasteiger partial charge in [-0.15, -0.1) is 0 Å². The Morgan fingerprint density at radius 3 is 2.74 bits per heavy atom. The summed E-state index contributed by atoms with van der Waals surface area (Å²) < 4.78 is 0. The lowest BCUT2D eigenvalue weighted by atomic mass is 9.82. The molecule has 1 aromatic rings. The van der Waals surface area contributed by atoms with E-state index < -0.39 is 11.4 Å². The zero-order chi connectivity index (χ0) is 13.9. The molecule has 2 rings (SSSR count). The lowest BCUT2D eigenvalue weighted by molar-refractivity contribution is -0.150. The number of carboxylic acids is 1. The van der Waals surface area contributed by atoms with Gasteiger partial charge in [-0.3, -0.25) is 10.1 Å². The highest BCUT2D eigenvalue weighted by Gasteiger charge is 2.39. The average Bonchev–Trinajstić information content (AvgIpc) is 2.40. The largest absolute Gasteiger partial charge is 0.481 e. The quantitative estimate of drug-likeness (QED) is 0.836. The van der Waals surface area contributed by atoms with Crippen molar-refractivity contribution in [2.24, 2.45) is 5.41 Å². The Balaban J connectivity index is 2.02. The number of nitrogens with one attached hydrogen (secondary N) is 1. The van der Waals surface area contributed by atoms with E-state index in [1.807, 2.05) is 0 Å². The van der Waals surface area contributed by atoms with Crippen LogP contribution < -0.4 is 5.32 Å². The van der Waals surface area contributed by atoms with E-state index in [0.717, 1.165) is 0 Å². The summed E-state index contributed by atoms with van der Waals surface area (Å²) in [7, 11) is 0. The molecule has 7 heteroatoms. The molecule has 0 aromatic carbocycles. The van der Waals surface area contributed by atoms with Crippen molar-refractivity contribution in [2.75, 3.05) is 18.4 Å². The predicted octanol–water partition coefficient (Wildman–Crippen LogP) is 1.20. The van der Waals surface area contributed by atoms with E-state index in [2.05, 4.69) is 15.3 Å². The molecule has 0 saturated carbocycles. The number of hydrogen-bond acceptors (Lipinski definition) is 4. The Morgan fingerprint density at radius 2 is 2.11 bits per heavy atom. The van der Waals surface area contributed by atoms with Crippen LogP contribution in [0.1, 0.15) is 19.8 Å². The van der Waals surface area contributed by atoms with Gasteiger partial charge in [-0.1, -0.05) is 0 Å². The van der Waals surface area contributed by atoms with Gasteiger partial charge >= 0.3 is 12.0 Å². The molecule has 1 aliphatic rings. The van der Waals surface area contributed by atoms with Crippen LogP contribution in [0.25, 0.3) is 0 Å². The molecule has 2 N–H and O–H groups in total. The van der Waals surface area contributed by atoms with Crippen molar-refractivity contribution in [1.29, 1.82) is 0 Å². The van der Waals surface area contributed by atoms with Gasteiger partial charge < -0.3 is 10.0 Å². The molecule has 1 aliphatic heterocycles. The van der Waals surface area contributed by atoms with Crippen molar-refractivity contribution in [3.8, 4) is 0 Å². The number of carbonyl (C=O) groups is 2. The molecule has 7 nitrogen and oxygen atoms in total. The minimum Gasteiger partial charge on any atom is -0.481 e. The highest BCUT2D eigenvalue weighted by atomic mass is 16.4. The molecule has 0 aliphatic carbocycles. The van der Waals surface area contributed by atoms with Gasteiger partial charge in [0.15, 0.2) is 0 Å². The number of carboxylic acid groups (broad SMARTS) is 1. The number of carbonyl (C=O) groups excluding carboxylic acids is 1. The minimum absolute atomic E-state index is 0.195. The van der Waals surface area contributed by atoms with Crippen molar-refractivity contribution in [3.63, 3.8) is 0 Å². The normalized spacial score (nSPS) is 22.9. The number of nitrogens with zero attached hydrogens (tertiary/aromatic N) is 3. The zero-order valence-corrected chi connectivity index (χ0v) is 10.7. The van der Waals surface area contributed by atoms with Crippen LogP contribution in [0, 0.1) is 5.41 Å². The zero-order valence-electron chi connectivity index (χ0n) is 10.7.